The van der Waals surface area contributed by atoms with Gasteiger partial charge >= 0.3 is 0 Å². The second-order valence-corrected chi connectivity index (χ2v) is 26.9. The Kier molecular flexibility index (Phi) is 12.5. The van der Waals surface area contributed by atoms with E-state index in [1.807, 2.05) is 6.07 Å². The number of hydrogen-bond donors (Lipinski definition) is 0. The lowest BCUT2D eigenvalue weighted by molar-refractivity contribution is 0.590. The maximum Gasteiger partial charge on any atom is 0.252 e. The first-order chi connectivity index (χ1) is 44.3. The molecule has 4 nitrogen and oxygen atoms in total. The second-order valence-electron chi connectivity index (χ2n) is 26.9. The molecule has 0 radical (unpaired) electrons. The third-order valence-electron chi connectivity index (χ3n) is 19.1. The van der Waals surface area contributed by atoms with E-state index in [1.165, 1.54) is 38.9 Å². The molecular weight excluding hydrogens is 1100 g/mol. The predicted octanol–water partition coefficient (Wildman–Crippen LogP) is 22.2. The van der Waals surface area contributed by atoms with Crippen LogP contribution in [0.4, 0.5) is 34.1 Å². The highest BCUT2D eigenvalue weighted by Crippen LogP contribution is 2.51. The molecule has 5 heteroatoms. The number of nitrogens with zero attached hydrogens (tertiary/aromatic N) is 2. The number of fused-ring (bicyclic) bond motifs is 10. The Balaban J connectivity index is 1.02. The van der Waals surface area contributed by atoms with Gasteiger partial charge in [-0.3, -0.25) is 0 Å². The minimum atomic E-state index is -0.150. The summed E-state index contributed by atoms with van der Waals surface area (Å²) in [4.78, 5) is 5.24. The van der Waals surface area contributed by atoms with E-state index in [0.29, 0.717) is 0 Å². The molecule has 17 rings (SSSR count). The van der Waals surface area contributed by atoms with Gasteiger partial charge in [0.25, 0.3) is 6.71 Å². The SMILES string of the molecule is CC(C)(C)c1ccc2c(c1)N(c1cc(-c3ccccc3)cc(-c3ccccc3)c1)c1cc(-c3cc(-c4ccc5oc6ccccc6c5c4)c4oc5ccccc5c4c3)cc3c1B2c1ccc(C(C)(C)C)cc1N3c1cc(-c2ccccc2)cc(-c2ccccc2)c1. The average Bonchev–Trinajstić information content (AvgIpc) is 1.25. The van der Waals surface area contributed by atoms with Crippen molar-refractivity contribution in [3.63, 3.8) is 0 Å². The van der Waals surface area contributed by atoms with Crippen LogP contribution in [0.2, 0.25) is 0 Å². The normalized spacial score (nSPS) is 12.9. The zero-order valence-corrected chi connectivity index (χ0v) is 51.9. The highest BCUT2D eigenvalue weighted by atomic mass is 16.3. The van der Waals surface area contributed by atoms with Crippen molar-refractivity contribution in [1.82, 2.24) is 0 Å². The predicted molar refractivity (Wildman–Crippen MR) is 385 cm³/mol. The third kappa shape index (κ3) is 9.20. The quantitative estimate of drug-likeness (QED) is 0.142. The number of para-hydroxylation sites is 2. The fourth-order valence-electron chi connectivity index (χ4n) is 14.4. The standard InChI is InChI=1S/C86H65BN2O2/c1-85(2,3)65-36-38-74-76(52-65)88(67-43-59(54-23-11-7-12-24-54)41-60(44-67)55-25-13-8-14-26-55)78-50-64(63-48-71(84-73(49-63)70-32-20-22-34-81(70)91-84)58-35-40-82-72(47-58)69-31-19-21-33-80(69)90-82)51-79-83(78)87(74)75-39-37-66(86(4,5)6)53-77(75)89(79)68-45-61(56-27-15-9-16-28-56)42-62(46-68)57-29-17-10-18-30-57/h7-53H,1-6H3. The molecule has 0 fully saturated rings. The summed E-state index contributed by atoms with van der Waals surface area (Å²) in [5, 5.41) is 4.29. The first-order valence-corrected chi connectivity index (χ1v) is 31.8. The first kappa shape index (κ1) is 54.3. The van der Waals surface area contributed by atoms with Gasteiger partial charge in [-0.2, -0.15) is 0 Å². The summed E-state index contributed by atoms with van der Waals surface area (Å²) in [7, 11) is 0. The van der Waals surface area contributed by atoms with Gasteiger partial charge in [-0.15, -0.1) is 0 Å². The fourth-order valence-corrected chi connectivity index (χ4v) is 14.4. The van der Waals surface area contributed by atoms with Crippen LogP contribution in [0.3, 0.4) is 0 Å². The molecule has 15 aromatic rings. The van der Waals surface area contributed by atoms with Gasteiger partial charge in [0.15, 0.2) is 0 Å². The minimum absolute atomic E-state index is 0.135. The fraction of sp³-hybridized carbons (Fsp3) is 0.0930. The number of anilines is 6. The Bertz CT molecular complexity index is 5050. The van der Waals surface area contributed by atoms with Gasteiger partial charge in [0.05, 0.1) is 0 Å². The summed E-state index contributed by atoms with van der Waals surface area (Å²) in [5.41, 5.74) is 29.7. The van der Waals surface area contributed by atoms with Crippen LogP contribution in [-0.2, 0) is 10.8 Å². The Hall–Kier alpha value is -10.9. The van der Waals surface area contributed by atoms with Gasteiger partial charge in [-0.1, -0.05) is 230 Å². The molecule has 4 heterocycles. The van der Waals surface area contributed by atoms with E-state index in [2.05, 4.69) is 330 Å². The molecule has 434 valence electrons. The van der Waals surface area contributed by atoms with Crippen molar-refractivity contribution in [3.05, 3.63) is 296 Å². The van der Waals surface area contributed by atoms with Crippen molar-refractivity contribution in [2.45, 2.75) is 52.4 Å². The van der Waals surface area contributed by atoms with Gasteiger partial charge in [0, 0.05) is 61.2 Å². The van der Waals surface area contributed by atoms with Crippen LogP contribution in [-0.4, -0.2) is 6.71 Å². The first-order valence-electron chi connectivity index (χ1n) is 31.8. The summed E-state index contributed by atoms with van der Waals surface area (Å²) in [6.45, 7) is 13.9. The van der Waals surface area contributed by atoms with Crippen LogP contribution in [0.15, 0.2) is 294 Å². The largest absolute Gasteiger partial charge is 0.456 e. The molecule has 2 aliphatic heterocycles. The molecule has 0 amide bonds. The Labute approximate surface area is 532 Å². The molecule has 0 unspecified atom stereocenters. The van der Waals surface area contributed by atoms with Gasteiger partial charge in [-0.25, -0.2) is 0 Å². The molecule has 91 heavy (non-hydrogen) atoms. The zero-order valence-electron chi connectivity index (χ0n) is 51.9. The van der Waals surface area contributed by atoms with Gasteiger partial charge in [-0.05, 0) is 197 Å². The Morgan fingerprint density at radius 3 is 1.12 bits per heavy atom. The van der Waals surface area contributed by atoms with Crippen molar-refractivity contribution in [3.8, 4) is 66.8 Å². The maximum absolute atomic E-state index is 7.02. The van der Waals surface area contributed by atoms with Crippen LogP contribution >= 0.6 is 0 Å². The molecule has 2 aromatic heterocycles. The molecular formula is C86H65BN2O2. The molecule has 0 saturated carbocycles. The molecule has 0 N–H and O–H groups in total. The van der Waals surface area contributed by atoms with E-state index in [1.54, 1.807) is 0 Å². The van der Waals surface area contributed by atoms with E-state index in [0.717, 1.165) is 133 Å². The van der Waals surface area contributed by atoms with E-state index < -0.39 is 0 Å². The highest BCUT2D eigenvalue weighted by Gasteiger charge is 2.45. The van der Waals surface area contributed by atoms with Crippen molar-refractivity contribution in [2.75, 3.05) is 9.80 Å². The number of rotatable bonds is 8. The number of furan rings is 2. The molecule has 0 spiro atoms. The van der Waals surface area contributed by atoms with E-state index >= 15 is 0 Å². The second kappa shape index (κ2) is 20.9. The van der Waals surface area contributed by atoms with E-state index in [-0.39, 0.29) is 17.5 Å². The van der Waals surface area contributed by atoms with Gasteiger partial charge in [0.2, 0.25) is 0 Å². The van der Waals surface area contributed by atoms with Gasteiger partial charge < -0.3 is 18.6 Å². The average molecular weight is 1170 g/mol. The highest BCUT2D eigenvalue weighted by molar-refractivity contribution is 7.00. The van der Waals surface area contributed by atoms with Crippen molar-refractivity contribution >= 4 is 101 Å². The van der Waals surface area contributed by atoms with Crippen LogP contribution in [0.25, 0.3) is 111 Å². The topological polar surface area (TPSA) is 32.8 Å². The summed E-state index contributed by atoms with van der Waals surface area (Å²) in [6, 6.07) is 106. The summed E-state index contributed by atoms with van der Waals surface area (Å²) >= 11 is 0. The van der Waals surface area contributed by atoms with E-state index in [9.17, 15) is 0 Å². The molecule has 13 aromatic carbocycles. The molecule has 0 aliphatic carbocycles. The minimum Gasteiger partial charge on any atom is -0.456 e. The molecule has 0 atom stereocenters. The van der Waals surface area contributed by atoms with Gasteiger partial charge in [0.1, 0.15) is 22.3 Å². The molecule has 0 saturated heterocycles. The van der Waals surface area contributed by atoms with Crippen LogP contribution in [0.1, 0.15) is 52.7 Å². The third-order valence-corrected chi connectivity index (χ3v) is 19.1. The summed E-state index contributed by atoms with van der Waals surface area (Å²) in [5.74, 6) is 0. The van der Waals surface area contributed by atoms with Crippen molar-refractivity contribution in [2.24, 2.45) is 0 Å². The molecule has 0 bridgehead atoms. The smallest absolute Gasteiger partial charge is 0.252 e. The van der Waals surface area contributed by atoms with E-state index in [4.69, 9.17) is 8.83 Å². The lowest BCUT2D eigenvalue weighted by Gasteiger charge is -2.45. The van der Waals surface area contributed by atoms with Crippen molar-refractivity contribution in [1.29, 1.82) is 0 Å². The van der Waals surface area contributed by atoms with Crippen molar-refractivity contribution < 1.29 is 8.83 Å². The Morgan fingerprint density at radius 1 is 0.275 bits per heavy atom. The monoisotopic (exact) mass is 1170 g/mol. The summed E-state index contributed by atoms with van der Waals surface area (Å²) < 4.78 is 13.5. The van der Waals surface area contributed by atoms with Crippen LogP contribution in [0.5, 0.6) is 0 Å². The number of benzene rings is 13. The van der Waals surface area contributed by atoms with Crippen LogP contribution in [0, 0.1) is 0 Å². The lowest BCUT2D eigenvalue weighted by Crippen LogP contribution is -2.61. The zero-order chi connectivity index (χ0) is 61.3. The lowest BCUT2D eigenvalue weighted by atomic mass is 9.33. The van der Waals surface area contributed by atoms with Crippen LogP contribution < -0.4 is 26.2 Å². The summed E-state index contributed by atoms with van der Waals surface area (Å²) in [6.07, 6.45) is 0. The Morgan fingerprint density at radius 2 is 0.659 bits per heavy atom. The number of hydrogen-bond acceptors (Lipinski definition) is 4. The molecule has 2 aliphatic rings. The maximum atomic E-state index is 7.02.